The molecule has 2 amide bonds. The second kappa shape index (κ2) is 5.82. The Morgan fingerprint density at radius 1 is 0.905 bits per heavy atom. The number of amides is 2. The van der Waals surface area contributed by atoms with Crippen LogP contribution in [-0.2, 0) is 6.42 Å². The van der Waals surface area contributed by atoms with Gasteiger partial charge in [0.15, 0.2) is 0 Å². The van der Waals surface area contributed by atoms with Gasteiger partial charge < -0.3 is 0 Å². The van der Waals surface area contributed by atoms with Gasteiger partial charge in [-0.1, -0.05) is 40.2 Å². The fourth-order valence-corrected chi connectivity index (χ4v) is 2.65. The molecule has 21 heavy (non-hydrogen) atoms. The van der Waals surface area contributed by atoms with Crippen LogP contribution in [-0.4, -0.2) is 23.3 Å². The van der Waals surface area contributed by atoms with E-state index in [0.717, 1.165) is 16.5 Å². The molecule has 105 valence electrons. The number of halogens is 1. The van der Waals surface area contributed by atoms with E-state index in [4.69, 9.17) is 0 Å². The topological polar surface area (TPSA) is 37.4 Å². The summed E-state index contributed by atoms with van der Waals surface area (Å²) >= 11 is 3.39. The Morgan fingerprint density at radius 2 is 1.48 bits per heavy atom. The molecule has 0 N–H and O–H groups in total. The van der Waals surface area contributed by atoms with Crippen molar-refractivity contribution in [1.29, 1.82) is 0 Å². The van der Waals surface area contributed by atoms with Crippen LogP contribution in [0.1, 0.15) is 26.3 Å². The molecule has 0 unspecified atom stereocenters. The standard InChI is InChI=1S/C17H13BrNO2/c18-13-9-7-12(8-10-13)4-3-11-19-16(20)14-5-1-2-6-15(14)17(19)21/h1-3,5-10H,4,11H2. The Balaban J connectivity index is 1.63. The molecule has 1 heterocycles. The maximum Gasteiger partial charge on any atom is 0.261 e. The number of fused-ring (bicyclic) bond motifs is 1. The first-order valence-corrected chi connectivity index (χ1v) is 7.47. The summed E-state index contributed by atoms with van der Waals surface area (Å²) in [6.07, 6.45) is 2.67. The Bertz CT molecular complexity index is 659. The van der Waals surface area contributed by atoms with E-state index in [-0.39, 0.29) is 11.8 Å². The molecule has 0 spiro atoms. The van der Waals surface area contributed by atoms with Crippen molar-refractivity contribution < 1.29 is 9.59 Å². The zero-order valence-corrected chi connectivity index (χ0v) is 12.8. The molecule has 0 bridgehead atoms. The molecule has 0 atom stereocenters. The minimum Gasteiger partial charge on any atom is -0.274 e. The van der Waals surface area contributed by atoms with Crippen molar-refractivity contribution in [1.82, 2.24) is 4.90 Å². The highest BCUT2D eigenvalue weighted by Crippen LogP contribution is 2.22. The summed E-state index contributed by atoms with van der Waals surface area (Å²) in [6, 6.07) is 14.9. The summed E-state index contributed by atoms with van der Waals surface area (Å²) in [5, 5.41) is 0. The first-order chi connectivity index (χ1) is 10.2. The Kier molecular flexibility index (Phi) is 3.88. The molecular formula is C17H13BrNO2. The average Bonchev–Trinajstić information content (AvgIpc) is 2.75. The number of carbonyl (C=O) groups excluding carboxylic acids is 2. The number of nitrogens with zero attached hydrogens (tertiary/aromatic N) is 1. The zero-order valence-electron chi connectivity index (χ0n) is 11.3. The van der Waals surface area contributed by atoms with Gasteiger partial charge in [0.2, 0.25) is 0 Å². The molecule has 0 aromatic heterocycles. The van der Waals surface area contributed by atoms with Crippen molar-refractivity contribution in [2.45, 2.75) is 6.42 Å². The van der Waals surface area contributed by atoms with E-state index >= 15 is 0 Å². The lowest BCUT2D eigenvalue weighted by molar-refractivity contribution is 0.0666. The van der Waals surface area contributed by atoms with Crippen LogP contribution in [0.2, 0.25) is 0 Å². The predicted molar refractivity (Wildman–Crippen MR) is 84.0 cm³/mol. The van der Waals surface area contributed by atoms with Gasteiger partial charge in [0.1, 0.15) is 0 Å². The molecule has 0 saturated carbocycles. The fraction of sp³-hybridized carbons (Fsp3) is 0.118. The van der Waals surface area contributed by atoms with E-state index in [1.165, 1.54) is 4.90 Å². The highest BCUT2D eigenvalue weighted by molar-refractivity contribution is 9.10. The molecule has 3 rings (SSSR count). The van der Waals surface area contributed by atoms with Gasteiger partial charge >= 0.3 is 0 Å². The summed E-state index contributed by atoms with van der Waals surface area (Å²) < 4.78 is 1.03. The third kappa shape index (κ3) is 2.76. The number of benzene rings is 2. The summed E-state index contributed by atoms with van der Waals surface area (Å²) in [4.78, 5) is 25.6. The number of rotatable bonds is 4. The summed E-state index contributed by atoms with van der Waals surface area (Å²) in [6.45, 7) is 0.336. The summed E-state index contributed by atoms with van der Waals surface area (Å²) in [7, 11) is 0. The SMILES string of the molecule is O=C1c2ccccc2C(=O)N1C[CH]Cc1ccc(Br)cc1. The van der Waals surface area contributed by atoms with Crippen LogP contribution < -0.4 is 0 Å². The molecule has 0 saturated heterocycles. The van der Waals surface area contributed by atoms with Gasteiger partial charge in [0.05, 0.1) is 11.1 Å². The molecule has 1 aliphatic heterocycles. The van der Waals surface area contributed by atoms with Crippen LogP contribution in [0.15, 0.2) is 53.0 Å². The van der Waals surface area contributed by atoms with Crippen LogP contribution in [0.3, 0.4) is 0 Å². The number of imide groups is 1. The van der Waals surface area contributed by atoms with E-state index in [1.54, 1.807) is 24.3 Å². The molecule has 2 aromatic carbocycles. The number of carbonyl (C=O) groups is 2. The highest BCUT2D eigenvalue weighted by Gasteiger charge is 2.34. The van der Waals surface area contributed by atoms with E-state index in [0.29, 0.717) is 17.7 Å². The molecule has 0 aliphatic carbocycles. The van der Waals surface area contributed by atoms with Gasteiger partial charge in [0, 0.05) is 11.0 Å². The van der Waals surface area contributed by atoms with Gasteiger partial charge in [-0.2, -0.15) is 0 Å². The van der Waals surface area contributed by atoms with Gasteiger partial charge in [0.25, 0.3) is 11.8 Å². The molecule has 0 fully saturated rings. The van der Waals surface area contributed by atoms with E-state index in [1.807, 2.05) is 30.7 Å². The van der Waals surface area contributed by atoms with Crippen molar-refractivity contribution in [3.63, 3.8) is 0 Å². The van der Waals surface area contributed by atoms with Crippen LogP contribution in [0.4, 0.5) is 0 Å². The Morgan fingerprint density at radius 3 is 2.05 bits per heavy atom. The van der Waals surface area contributed by atoms with Crippen molar-refractivity contribution in [2.75, 3.05) is 6.54 Å². The van der Waals surface area contributed by atoms with Crippen LogP contribution in [0, 0.1) is 6.42 Å². The average molecular weight is 343 g/mol. The normalized spacial score (nSPS) is 13.7. The van der Waals surface area contributed by atoms with Crippen molar-refractivity contribution in [3.05, 3.63) is 76.1 Å². The van der Waals surface area contributed by atoms with Crippen molar-refractivity contribution >= 4 is 27.7 Å². The minimum absolute atomic E-state index is 0.206. The summed E-state index contributed by atoms with van der Waals surface area (Å²) in [5.41, 5.74) is 2.15. The first-order valence-electron chi connectivity index (χ1n) is 6.68. The van der Waals surface area contributed by atoms with Gasteiger partial charge in [-0.3, -0.25) is 14.5 Å². The van der Waals surface area contributed by atoms with Crippen molar-refractivity contribution in [3.8, 4) is 0 Å². The largest absolute Gasteiger partial charge is 0.274 e. The number of hydrogen-bond acceptors (Lipinski definition) is 2. The molecule has 1 radical (unpaired) electrons. The second-order valence-corrected chi connectivity index (χ2v) is 5.80. The van der Waals surface area contributed by atoms with Gasteiger partial charge in [-0.15, -0.1) is 0 Å². The lowest BCUT2D eigenvalue weighted by Gasteiger charge is -2.13. The number of hydrogen-bond donors (Lipinski definition) is 0. The first kappa shape index (κ1) is 14.0. The van der Waals surface area contributed by atoms with E-state index < -0.39 is 0 Å². The maximum absolute atomic E-state index is 12.2. The molecular weight excluding hydrogens is 330 g/mol. The van der Waals surface area contributed by atoms with Gasteiger partial charge in [-0.05, 0) is 42.7 Å². The predicted octanol–water partition coefficient (Wildman–Crippen LogP) is 3.49. The van der Waals surface area contributed by atoms with E-state index in [2.05, 4.69) is 15.9 Å². The smallest absolute Gasteiger partial charge is 0.261 e. The van der Waals surface area contributed by atoms with E-state index in [9.17, 15) is 9.59 Å². The lowest BCUT2D eigenvalue weighted by atomic mass is 10.1. The Hall–Kier alpha value is -1.94. The fourth-order valence-electron chi connectivity index (χ4n) is 2.39. The van der Waals surface area contributed by atoms with Gasteiger partial charge in [-0.25, -0.2) is 0 Å². The van der Waals surface area contributed by atoms with Crippen LogP contribution in [0.5, 0.6) is 0 Å². The Labute approximate surface area is 131 Å². The highest BCUT2D eigenvalue weighted by atomic mass is 79.9. The third-order valence-electron chi connectivity index (χ3n) is 3.48. The molecule has 3 nitrogen and oxygen atoms in total. The van der Waals surface area contributed by atoms with Crippen LogP contribution >= 0.6 is 15.9 Å². The minimum atomic E-state index is -0.206. The second-order valence-electron chi connectivity index (χ2n) is 4.89. The maximum atomic E-state index is 12.2. The molecule has 4 heteroatoms. The van der Waals surface area contributed by atoms with Crippen molar-refractivity contribution in [2.24, 2.45) is 0 Å². The molecule has 2 aromatic rings. The monoisotopic (exact) mass is 342 g/mol. The van der Waals surface area contributed by atoms with Crippen LogP contribution in [0.25, 0.3) is 0 Å². The third-order valence-corrected chi connectivity index (χ3v) is 4.01. The quantitative estimate of drug-likeness (QED) is 0.797. The summed E-state index contributed by atoms with van der Waals surface area (Å²) in [5.74, 6) is -0.412. The lowest BCUT2D eigenvalue weighted by Crippen LogP contribution is -2.31. The zero-order chi connectivity index (χ0) is 14.8. The molecule has 1 aliphatic rings.